The van der Waals surface area contributed by atoms with E-state index in [2.05, 4.69) is 13.8 Å². The van der Waals surface area contributed by atoms with Gasteiger partial charge in [-0.1, -0.05) is 47.0 Å². The molecule has 0 saturated carbocycles. The maximum atomic E-state index is 11.4. The Morgan fingerprint density at radius 1 is 0.941 bits per heavy atom. The van der Waals surface area contributed by atoms with Crippen LogP contribution in [0.2, 0.25) is 0 Å². The Labute approximate surface area is 105 Å². The number of ketones is 1. The molecule has 0 spiro atoms. The third-order valence-corrected chi connectivity index (χ3v) is 2.46. The van der Waals surface area contributed by atoms with Gasteiger partial charge in [-0.2, -0.15) is 0 Å². The molecule has 0 aliphatic carbocycles. The molecule has 0 heterocycles. The van der Waals surface area contributed by atoms with Gasteiger partial charge in [-0.05, 0) is 18.3 Å². The number of hydrogen-bond acceptors (Lipinski definition) is 3. The molecule has 3 nitrogen and oxygen atoms in total. The predicted octanol–water partition coefficient (Wildman–Crippen LogP) is 3.36. The molecule has 100 valence electrons. The molecular weight excluding hydrogens is 216 g/mol. The third kappa shape index (κ3) is 10.0. The summed E-state index contributed by atoms with van der Waals surface area (Å²) < 4.78 is 4.87. The molecule has 0 saturated heterocycles. The van der Waals surface area contributed by atoms with E-state index < -0.39 is 5.97 Å². The molecule has 0 rings (SSSR count). The van der Waals surface area contributed by atoms with Gasteiger partial charge in [0.05, 0.1) is 6.61 Å². The lowest BCUT2D eigenvalue weighted by Gasteiger charge is -2.06. The van der Waals surface area contributed by atoms with Crippen LogP contribution in [0.5, 0.6) is 0 Å². The highest BCUT2D eigenvalue weighted by atomic mass is 16.5. The van der Waals surface area contributed by atoms with Crippen molar-refractivity contribution in [2.75, 3.05) is 6.61 Å². The molecule has 17 heavy (non-hydrogen) atoms. The highest BCUT2D eigenvalue weighted by Gasteiger charge is 2.14. The second-order valence-corrected chi connectivity index (χ2v) is 5.41. The number of ether oxygens (including phenoxy) is 1. The monoisotopic (exact) mass is 242 g/mol. The molecule has 0 bridgehead atoms. The van der Waals surface area contributed by atoms with Crippen molar-refractivity contribution in [2.24, 2.45) is 11.8 Å². The molecule has 0 aromatic carbocycles. The minimum absolute atomic E-state index is 0.276. The number of carbonyl (C=O) groups excluding carboxylic acids is 2. The summed E-state index contributed by atoms with van der Waals surface area (Å²) in [5.74, 6) is -0.0581. The quantitative estimate of drug-likeness (QED) is 0.354. The minimum atomic E-state index is -0.664. The van der Waals surface area contributed by atoms with Crippen LogP contribution in [-0.2, 0) is 14.3 Å². The second kappa shape index (κ2) is 9.20. The number of unbranched alkanes of at least 4 members (excludes halogenated alkanes) is 2. The van der Waals surface area contributed by atoms with Gasteiger partial charge in [0.25, 0.3) is 0 Å². The lowest BCUT2D eigenvalue weighted by Crippen LogP contribution is -2.19. The summed E-state index contributed by atoms with van der Waals surface area (Å²) in [5, 5.41) is 0. The molecule has 0 N–H and O–H groups in total. The van der Waals surface area contributed by atoms with Crippen LogP contribution in [0.4, 0.5) is 0 Å². The Hall–Kier alpha value is -0.860. The third-order valence-electron chi connectivity index (χ3n) is 2.46. The fraction of sp³-hybridized carbons (Fsp3) is 0.857. The molecule has 0 radical (unpaired) electrons. The van der Waals surface area contributed by atoms with Crippen LogP contribution in [0.15, 0.2) is 0 Å². The minimum Gasteiger partial charge on any atom is -0.460 e. The van der Waals surface area contributed by atoms with E-state index in [9.17, 15) is 9.59 Å². The average molecular weight is 242 g/mol. The van der Waals surface area contributed by atoms with E-state index in [0.717, 1.165) is 19.3 Å². The van der Waals surface area contributed by atoms with Gasteiger partial charge < -0.3 is 4.74 Å². The van der Waals surface area contributed by atoms with Crippen molar-refractivity contribution < 1.29 is 14.3 Å². The number of carbonyl (C=O) groups is 2. The standard InChI is InChI=1S/C14H26O3/c1-11(2)8-6-5-7-9-13(15)14(16)17-10-12(3)4/h11-12H,5-10H2,1-4H3. The number of esters is 1. The first-order valence-electron chi connectivity index (χ1n) is 6.63. The van der Waals surface area contributed by atoms with Gasteiger partial charge in [0.2, 0.25) is 5.78 Å². The zero-order valence-electron chi connectivity index (χ0n) is 11.6. The molecule has 0 aliphatic rings. The summed E-state index contributed by atoms with van der Waals surface area (Å²) in [6, 6.07) is 0. The van der Waals surface area contributed by atoms with Gasteiger partial charge in [0.15, 0.2) is 0 Å². The maximum Gasteiger partial charge on any atom is 0.374 e. The Morgan fingerprint density at radius 2 is 1.59 bits per heavy atom. The lowest BCUT2D eigenvalue weighted by molar-refractivity contribution is -0.154. The zero-order chi connectivity index (χ0) is 13.3. The Balaban J connectivity index is 3.54. The Bertz CT molecular complexity index is 232. The number of hydrogen-bond donors (Lipinski definition) is 0. The normalized spacial score (nSPS) is 10.9. The van der Waals surface area contributed by atoms with Crippen LogP contribution < -0.4 is 0 Å². The summed E-state index contributed by atoms with van der Waals surface area (Å²) >= 11 is 0. The Kier molecular flexibility index (Phi) is 8.73. The van der Waals surface area contributed by atoms with Crippen molar-refractivity contribution >= 4 is 11.8 Å². The largest absolute Gasteiger partial charge is 0.460 e. The van der Waals surface area contributed by atoms with E-state index >= 15 is 0 Å². The Morgan fingerprint density at radius 3 is 2.12 bits per heavy atom. The van der Waals surface area contributed by atoms with Crippen LogP contribution in [-0.4, -0.2) is 18.4 Å². The maximum absolute atomic E-state index is 11.4. The van der Waals surface area contributed by atoms with Gasteiger partial charge in [-0.3, -0.25) is 4.79 Å². The first-order valence-corrected chi connectivity index (χ1v) is 6.63. The average Bonchev–Trinajstić information content (AvgIpc) is 2.24. The highest BCUT2D eigenvalue weighted by molar-refractivity contribution is 6.33. The second-order valence-electron chi connectivity index (χ2n) is 5.41. The summed E-state index contributed by atoms with van der Waals surface area (Å²) in [6.45, 7) is 8.61. The van der Waals surface area contributed by atoms with Crippen molar-refractivity contribution in [2.45, 2.75) is 59.8 Å². The van der Waals surface area contributed by atoms with E-state index in [4.69, 9.17) is 4.74 Å². The van der Waals surface area contributed by atoms with Gasteiger partial charge in [0.1, 0.15) is 0 Å². The predicted molar refractivity (Wildman–Crippen MR) is 68.7 cm³/mol. The number of rotatable bonds is 9. The molecule has 0 amide bonds. The van der Waals surface area contributed by atoms with Gasteiger partial charge in [-0.15, -0.1) is 0 Å². The highest BCUT2D eigenvalue weighted by Crippen LogP contribution is 2.09. The molecule has 0 fully saturated rings. The van der Waals surface area contributed by atoms with E-state index in [0.29, 0.717) is 18.9 Å². The molecule has 3 heteroatoms. The molecule has 0 aromatic rings. The van der Waals surface area contributed by atoms with Crippen LogP contribution in [0.1, 0.15) is 59.8 Å². The van der Waals surface area contributed by atoms with E-state index in [1.807, 2.05) is 13.8 Å². The van der Waals surface area contributed by atoms with Crippen LogP contribution in [0.3, 0.4) is 0 Å². The molecular formula is C14H26O3. The summed E-state index contributed by atoms with van der Waals surface area (Å²) in [4.78, 5) is 22.6. The van der Waals surface area contributed by atoms with Gasteiger partial charge in [-0.25, -0.2) is 4.79 Å². The smallest absolute Gasteiger partial charge is 0.374 e. The molecule has 0 atom stereocenters. The van der Waals surface area contributed by atoms with Gasteiger partial charge in [0, 0.05) is 6.42 Å². The van der Waals surface area contributed by atoms with Crippen LogP contribution in [0, 0.1) is 11.8 Å². The van der Waals surface area contributed by atoms with Crippen molar-refractivity contribution in [3.8, 4) is 0 Å². The van der Waals surface area contributed by atoms with Crippen molar-refractivity contribution in [3.05, 3.63) is 0 Å². The van der Waals surface area contributed by atoms with Crippen molar-refractivity contribution in [1.29, 1.82) is 0 Å². The van der Waals surface area contributed by atoms with Crippen molar-refractivity contribution in [3.63, 3.8) is 0 Å². The van der Waals surface area contributed by atoms with Crippen LogP contribution >= 0.6 is 0 Å². The summed E-state index contributed by atoms with van der Waals surface area (Å²) in [5.41, 5.74) is 0. The summed E-state index contributed by atoms with van der Waals surface area (Å²) in [7, 11) is 0. The first kappa shape index (κ1) is 16.1. The fourth-order valence-electron chi connectivity index (χ4n) is 1.44. The lowest BCUT2D eigenvalue weighted by atomic mass is 10.0. The molecule has 0 aliphatic heterocycles. The number of Topliss-reactive ketones (excluding diaryl/α,β-unsaturated/α-hetero) is 1. The van der Waals surface area contributed by atoms with E-state index in [-0.39, 0.29) is 11.7 Å². The molecule has 0 aromatic heterocycles. The fourth-order valence-corrected chi connectivity index (χ4v) is 1.44. The first-order chi connectivity index (χ1) is 7.93. The van der Waals surface area contributed by atoms with Crippen LogP contribution in [0.25, 0.3) is 0 Å². The van der Waals surface area contributed by atoms with E-state index in [1.54, 1.807) is 0 Å². The van der Waals surface area contributed by atoms with Gasteiger partial charge >= 0.3 is 5.97 Å². The zero-order valence-corrected chi connectivity index (χ0v) is 11.6. The topological polar surface area (TPSA) is 43.4 Å². The molecule has 0 unspecified atom stereocenters. The van der Waals surface area contributed by atoms with E-state index in [1.165, 1.54) is 6.42 Å². The SMILES string of the molecule is CC(C)CCCCCC(=O)C(=O)OCC(C)C. The van der Waals surface area contributed by atoms with Crippen molar-refractivity contribution in [1.82, 2.24) is 0 Å². The summed E-state index contributed by atoms with van der Waals surface area (Å²) in [6.07, 6.45) is 4.46.